The SMILES string of the molecule is N#Cc1cccc(-c2ccc3c(c2)c2cc(-c4cccc(C#N)c4)ccc2n3-c2cc(-c3ccccc3C#N)c(-n3c4ccc(-c5cccc(C#N)c5)cc4c4cc(-c5cccc(C#N)c5)ccc43)cn2)c1. The van der Waals surface area contributed by atoms with Crippen LogP contribution in [0.15, 0.2) is 206 Å². The van der Waals surface area contributed by atoms with Gasteiger partial charge in [-0.25, -0.2) is 4.98 Å². The molecule has 0 N–H and O–H groups in total. The Morgan fingerprint density at radius 1 is 0.306 bits per heavy atom. The van der Waals surface area contributed by atoms with E-state index >= 15 is 0 Å². The van der Waals surface area contributed by atoms with Crippen molar-refractivity contribution in [3.05, 3.63) is 234 Å². The summed E-state index contributed by atoms with van der Waals surface area (Å²) in [6, 6.07) is 77.0. The normalized spacial score (nSPS) is 11.0. The number of aromatic nitrogens is 3. The van der Waals surface area contributed by atoms with Gasteiger partial charge in [-0.15, -0.1) is 0 Å². The van der Waals surface area contributed by atoms with Crippen molar-refractivity contribution in [1.82, 2.24) is 14.1 Å². The molecule has 0 aliphatic heterocycles. The molecule has 3 aromatic heterocycles. The molecular formula is C64H34N8. The molecule has 0 radical (unpaired) electrons. The predicted octanol–water partition coefficient (Wildman–Crippen LogP) is 15.0. The molecule has 0 bridgehead atoms. The third kappa shape index (κ3) is 7.17. The maximum Gasteiger partial charge on any atom is 0.138 e. The van der Waals surface area contributed by atoms with Gasteiger partial charge in [0, 0.05) is 32.7 Å². The molecule has 0 spiro atoms. The van der Waals surface area contributed by atoms with E-state index in [0.717, 1.165) is 105 Å². The van der Waals surface area contributed by atoms with E-state index in [1.54, 1.807) is 24.3 Å². The lowest BCUT2D eigenvalue weighted by molar-refractivity contribution is 1.06. The molecule has 12 aromatic rings. The summed E-state index contributed by atoms with van der Waals surface area (Å²) in [5.41, 5.74) is 16.2. The molecule has 72 heavy (non-hydrogen) atoms. The average Bonchev–Trinajstić information content (AvgIpc) is 3.96. The number of hydrogen-bond acceptors (Lipinski definition) is 6. The van der Waals surface area contributed by atoms with E-state index < -0.39 is 0 Å². The largest absolute Gasteiger partial charge is 0.307 e. The standard InChI is InChI=1S/C64H34N8/c65-34-40-7-3-12-44(25-40)48-17-21-59-54(29-48)55-30-49(45-13-4-8-41(26-45)35-66)18-22-60(55)71(59)63-39-70-64(33-58(63)53-16-2-1-11-52(53)38-69)72-61-23-19-50(46-14-5-9-42(27-46)36-67)31-56(61)57-32-51(20-24-62(57)72)47-15-6-10-43(28-47)37-68/h1-33,39H. The maximum atomic E-state index is 10.7. The van der Waals surface area contributed by atoms with Crippen molar-refractivity contribution in [2.45, 2.75) is 0 Å². The zero-order valence-corrected chi connectivity index (χ0v) is 38.2. The van der Waals surface area contributed by atoms with Crippen LogP contribution < -0.4 is 0 Å². The number of pyridine rings is 1. The van der Waals surface area contributed by atoms with Gasteiger partial charge in [-0.1, -0.05) is 91.0 Å². The molecule has 12 rings (SSSR count). The number of rotatable bonds is 7. The maximum absolute atomic E-state index is 10.7. The molecule has 0 amide bonds. The second kappa shape index (κ2) is 17.4. The second-order valence-electron chi connectivity index (χ2n) is 17.6. The smallest absolute Gasteiger partial charge is 0.138 e. The molecule has 0 aliphatic rings. The average molecular weight is 915 g/mol. The molecule has 3 heterocycles. The molecule has 8 nitrogen and oxygen atoms in total. The van der Waals surface area contributed by atoms with Crippen molar-refractivity contribution >= 4 is 43.6 Å². The third-order valence-electron chi connectivity index (χ3n) is 13.5. The van der Waals surface area contributed by atoms with Crippen molar-refractivity contribution in [2.24, 2.45) is 0 Å². The summed E-state index contributed by atoms with van der Waals surface area (Å²) in [6.07, 6.45) is 1.90. The molecule has 9 aromatic carbocycles. The summed E-state index contributed by atoms with van der Waals surface area (Å²) < 4.78 is 4.37. The molecule has 0 atom stereocenters. The monoisotopic (exact) mass is 914 g/mol. The van der Waals surface area contributed by atoms with Gasteiger partial charge in [-0.3, -0.25) is 4.57 Å². The van der Waals surface area contributed by atoms with Crippen LogP contribution in [-0.4, -0.2) is 14.1 Å². The van der Waals surface area contributed by atoms with Gasteiger partial charge in [-0.2, -0.15) is 26.3 Å². The molecule has 0 unspecified atom stereocenters. The van der Waals surface area contributed by atoms with E-state index in [1.165, 1.54) is 0 Å². The minimum absolute atomic E-state index is 0.506. The second-order valence-corrected chi connectivity index (χ2v) is 17.6. The fourth-order valence-electron chi connectivity index (χ4n) is 10.1. The third-order valence-corrected chi connectivity index (χ3v) is 13.5. The first-order chi connectivity index (χ1) is 35.4. The van der Waals surface area contributed by atoms with Crippen molar-refractivity contribution in [2.75, 3.05) is 0 Å². The molecular weight excluding hydrogens is 881 g/mol. The first kappa shape index (κ1) is 42.5. The quantitative estimate of drug-likeness (QED) is 0.156. The number of nitriles is 5. The highest BCUT2D eigenvalue weighted by molar-refractivity contribution is 6.13. The minimum Gasteiger partial charge on any atom is -0.307 e. The molecule has 0 aliphatic carbocycles. The number of hydrogen-bond donors (Lipinski definition) is 0. The van der Waals surface area contributed by atoms with E-state index in [0.29, 0.717) is 33.6 Å². The summed E-state index contributed by atoms with van der Waals surface area (Å²) in [5, 5.41) is 53.7. The van der Waals surface area contributed by atoms with Crippen LogP contribution in [0.5, 0.6) is 0 Å². The predicted molar refractivity (Wildman–Crippen MR) is 284 cm³/mol. The lowest BCUT2D eigenvalue weighted by Crippen LogP contribution is -2.04. The first-order valence-corrected chi connectivity index (χ1v) is 23.1. The summed E-state index contributed by atoms with van der Waals surface area (Å²) in [5.74, 6) is 0.639. The number of benzene rings is 9. The molecule has 0 saturated carbocycles. The summed E-state index contributed by atoms with van der Waals surface area (Å²) in [7, 11) is 0. The molecule has 330 valence electrons. The topological polar surface area (TPSA) is 142 Å². The van der Waals surface area contributed by atoms with Crippen molar-refractivity contribution in [3.8, 4) is 97.5 Å². The van der Waals surface area contributed by atoms with Gasteiger partial charge in [0.15, 0.2) is 0 Å². The highest BCUT2D eigenvalue weighted by atomic mass is 15.1. The van der Waals surface area contributed by atoms with Crippen LogP contribution in [0, 0.1) is 56.7 Å². The first-order valence-electron chi connectivity index (χ1n) is 23.1. The Hall–Kier alpha value is -10.8. The van der Waals surface area contributed by atoms with Crippen molar-refractivity contribution in [1.29, 1.82) is 26.3 Å². The van der Waals surface area contributed by atoms with E-state index in [4.69, 9.17) is 4.98 Å². The number of nitrogens with zero attached hydrogens (tertiary/aromatic N) is 8. The van der Waals surface area contributed by atoms with Crippen molar-refractivity contribution in [3.63, 3.8) is 0 Å². The van der Waals surface area contributed by atoms with E-state index in [1.807, 2.05) is 103 Å². The lowest BCUT2D eigenvalue weighted by atomic mass is 9.99. The van der Waals surface area contributed by atoms with Crippen LogP contribution in [0.25, 0.3) is 111 Å². The van der Waals surface area contributed by atoms with E-state index in [9.17, 15) is 26.3 Å². The fourth-order valence-corrected chi connectivity index (χ4v) is 10.1. The van der Waals surface area contributed by atoms with Gasteiger partial charge in [-0.05, 0) is 154 Å². The van der Waals surface area contributed by atoms with Crippen LogP contribution in [0.4, 0.5) is 0 Å². The van der Waals surface area contributed by atoms with Gasteiger partial charge < -0.3 is 4.57 Å². The van der Waals surface area contributed by atoms with E-state index in [2.05, 4.69) is 118 Å². The van der Waals surface area contributed by atoms with Crippen LogP contribution >= 0.6 is 0 Å². The van der Waals surface area contributed by atoms with Gasteiger partial charge in [0.1, 0.15) is 5.82 Å². The zero-order valence-electron chi connectivity index (χ0n) is 38.2. The lowest BCUT2D eigenvalue weighted by Gasteiger charge is -2.17. The Balaban J connectivity index is 1.12. The minimum atomic E-state index is 0.506. The number of fused-ring (bicyclic) bond motifs is 6. The van der Waals surface area contributed by atoms with Crippen molar-refractivity contribution < 1.29 is 0 Å². The van der Waals surface area contributed by atoms with Crippen LogP contribution in [0.3, 0.4) is 0 Å². The summed E-state index contributed by atoms with van der Waals surface area (Å²) in [4.78, 5) is 5.33. The summed E-state index contributed by atoms with van der Waals surface area (Å²) >= 11 is 0. The Labute approximate surface area is 413 Å². The van der Waals surface area contributed by atoms with Gasteiger partial charge in [0.2, 0.25) is 0 Å². The van der Waals surface area contributed by atoms with Gasteiger partial charge in [0.05, 0.1) is 92.1 Å². The zero-order chi connectivity index (χ0) is 48.9. The fraction of sp³-hybridized carbons (Fsp3) is 0. The summed E-state index contributed by atoms with van der Waals surface area (Å²) in [6.45, 7) is 0. The molecule has 8 heteroatoms. The highest BCUT2D eigenvalue weighted by Gasteiger charge is 2.23. The Morgan fingerprint density at radius 3 is 1.04 bits per heavy atom. The van der Waals surface area contributed by atoms with E-state index in [-0.39, 0.29) is 0 Å². The highest BCUT2D eigenvalue weighted by Crippen LogP contribution is 2.43. The molecule has 0 fully saturated rings. The Bertz CT molecular complexity index is 4250. The Morgan fingerprint density at radius 2 is 0.667 bits per heavy atom. The van der Waals surface area contributed by atoms with Gasteiger partial charge >= 0.3 is 0 Å². The Kier molecular flexibility index (Phi) is 10.3. The van der Waals surface area contributed by atoms with Crippen LogP contribution in [0.1, 0.15) is 27.8 Å². The van der Waals surface area contributed by atoms with Crippen LogP contribution in [-0.2, 0) is 0 Å². The van der Waals surface area contributed by atoms with Gasteiger partial charge in [0.25, 0.3) is 0 Å². The molecule has 0 saturated heterocycles. The van der Waals surface area contributed by atoms with Crippen LogP contribution in [0.2, 0.25) is 0 Å².